The van der Waals surface area contributed by atoms with Crippen molar-refractivity contribution in [2.24, 2.45) is 0 Å². The Balaban J connectivity index is 1.62. The van der Waals surface area contributed by atoms with Crippen molar-refractivity contribution in [3.05, 3.63) is 169 Å². The molecule has 5 rings (SSSR count). The van der Waals surface area contributed by atoms with Gasteiger partial charge in [0.05, 0.1) is 26.6 Å². The number of benzene rings is 5. The molecule has 0 aromatic heterocycles. The fraction of sp³-hybridized carbons (Fsp3) is 0.162. The maximum absolute atomic E-state index is 13.6. The third-order valence-electron chi connectivity index (χ3n) is 8.11. The Morgan fingerprint density at radius 2 is 1.36 bits per heavy atom. The van der Waals surface area contributed by atoms with E-state index in [9.17, 15) is 20.0 Å². The van der Waals surface area contributed by atoms with Gasteiger partial charge in [-0.05, 0) is 54.2 Å². The fourth-order valence-corrected chi connectivity index (χ4v) is 6.16. The zero-order valence-electron chi connectivity index (χ0n) is 24.6. The zero-order valence-corrected chi connectivity index (χ0v) is 25.3. The summed E-state index contributed by atoms with van der Waals surface area (Å²) in [5.74, 6) is -0.917. The van der Waals surface area contributed by atoms with Gasteiger partial charge in [0.1, 0.15) is 5.75 Å². The second-order valence-electron chi connectivity index (χ2n) is 10.8. The van der Waals surface area contributed by atoms with E-state index in [1.807, 2.05) is 73.7 Å². The van der Waals surface area contributed by atoms with Crippen molar-refractivity contribution in [2.45, 2.75) is 38.5 Å². The first-order valence-corrected chi connectivity index (χ1v) is 14.9. The Labute approximate surface area is 262 Å². The van der Waals surface area contributed by atoms with Crippen LogP contribution in [0.25, 0.3) is 0 Å². The summed E-state index contributed by atoms with van der Waals surface area (Å²) in [4.78, 5) is 24.9. The van der Waals surface area contributed by atoms with Gasteiger partial charge in [0.25, 0.3) is 11.6 Å². The van der Waals surface area contributed by atoms with Gasteiger partial charge in [-0.3, -0.25) is 14.9 Å². The van der Waals surface area contributed by atoms with Crippen LogP contribution in [0.3, 0.4) is 0 Å². The summed E-state index contributed by atoms with van der Waals surface area (Å²) >= 11 is 6.91. The maximum atomic E-state index is 13.6. The standard InChI is InChI=1S/C37H33ClN2O4/c1-3-4-14-26-23-33(40(43)44)25(2)34(35(26)41)36(42)39-32-22-21-30(24-31(32)38)37(27-15-8-5-9-16-27,28-17-10-6-11-18-28)29-19-12-7-13-20-29/h5-13,15-24,41H,3-4,14H2,1-2H3,(H,39,42). The zero-order chi connectivity index (χ0) is 31.3. The topological polar surface area (TPSA) is 92.5 Å². The molecular weight excluding hydrogens is 572 g/mol. The number of carbonyl (C=O) groups is 1. The number of phenols is 1. The SMILES string of the molecule is CCCCc1cc([N+](=O)[O-])c(C)c(C(=O)Nc2ccc(C(c3ccccc3)(c3ccccc3)c3ccccc3)cc2Cl)c1O. The number of anilines is 1. The maximum Gasteiger partial charge on any atom is 0.273 e. The minimum atomic E-state index is -0.723. The van der Waals surface area contributed by atoms with Crippen LogP contribution in [0.4, 0.5) is 11.4 Å². The van der Waals surface area contributed by atoms with Gasteiger partial charge in [-0.15, -0.1) is 0 Å². The largest absolute Gasteiger partial charge is 0.507 e. The predicted octanol–water partition coefficient (Wildman–Crippen LogP) is 9.24. The molecule has 0 unspecified atom stereocenters. The number of halogens is 1. The number of aryl methyl sites for hydroxylation is 1. The lowest BCUT2D eigenvalue weighted by Crippen LogP contribution is -2.31. The molecule has 0 atom stereocenters. The van der Waals surface area contributed by atoms with Crippen LogP contribution in [0.15, 0.2) is 115 Å². The Bertz CT molecular complexity index is 1700. The molecule has 0 aliphatic carbocycles. The molecule has 7 heteroatoms. The number of nitrogens with zero attached hydrogens (tertiary/aromatic N) is 1. The second-order valence-corrected chi connectivity index (χ2v) is 11.2. The first-order chi connectivity index (χ1) is 21.3. The van der Waals surface area contributed by atoms with E-state index in [4.69, 9.17) is 11.6 Å². The van der Waals surface area contributed by atoms with Crippen molar-refractivity contribution in [2.75, 3.05) is 5.32 Å². The van der Waals surface area contributed by atoms with Gasteiger partial charge in [-0.1, -0.05) is 122 Å². The molecule has 2 N–H and O–H groups in total. The number of nitro benzene ring substituents is 1. The highest BCUT2D eigenvalue weighted by Crippen LogP contribution is 2.46. The van der Waals surface area contributed by atoms with E-state index in [-0.39, 0.29) is 27.6 Å². The second kappa shape index (κ2) is 13.1. The van der Waals surface area contributed by atoms with Crippen molar-refractivity contribution < 1.29 is 14.8 Å². The molecule has 0 fully saturated rings. The number of nitro groups is 1. The van der Waals surface area contributed by atoms with Gasteiger partial charge >= 0.3 is 0 Å². The molecule has 0 heterocycles. The number of hydrogen-bond donors (Lipinski definition) is 2. The van der Waals surface area contributed by atoms with E-state index < -0.39 is 16.2 Å². The summed E-state index contributed by atoms with van der Waals surface area (Å²) in [7, 11) is 0. The highest BCUT2D eigenvalue weighted by atomic mass is 35.5. The van der Waals surface area contributed by atoms with Crippen LogP contribution in [-0.2, 0) is 11.8 Å². The Kier molecular flexibility index (Phi) is 9.12. The summed E-state index contributed by atoms with van der Waals surface area (Å²) in [6, 6.07) is 37.4. The van der Waals surface area contributed by atoms with Crippen molar-refractivity contribution in [1.82, 2.24) is 0 Å². The van der Waals surface area contributed by atoms with Crippen molar-refractivity contribution in [3.8, 4) is 5.75 Å². The predicted molar refractivity (Wildman–Crippen MR) is 176 cm³/mol. The quantitative estimate of drug-likeness (QED) is 0.0944. The molecule has 1 amide bonds. The molecular formula is C37H33ClN2O4. The van der Waals surface area contributed by atoms with E-state index in [0.29, 0.717) is 24.1 Å². The molecule has 0 aliphatic rings. The van der Waals surface area contributed by atoms with Crippen LogP contribution in [0, 0.1) is 17.0 Å². The average molecular weight is 605 g/mol. The van der Waals surface area contributed by atoms with Gasteiger partial charge < -0.3 is 10.4 Å². The van der Waals surface area contributed by atoms with E-state index in [1.165, 1.54) is 13.0 Å². The van der Waals surface area contributed by atoms with E-state index >= 15 is 0 Å². The average Bonchev–Trinajstić information content (AvgIpc) is 3.04. The molecule has 0 saturated carbocycles. The van der Waals surface area contributed by atoms with Gasteiger partial charge in [0.2, 0.25) is 0 Å². The van der Waals surface area contributed by atoms with Crippen LogP contribution >= 0.6 is 11.6 Å². The lowest BCUT2D eigenvalue weighted by atomic mass is 9.65. The first kappa shape index (κ1) is 30.5. The first-order valence-electron chi connectivity index (χ1n) is 14.6. The highest BCUT2D eigenvalue weighted by molar-refractivity contribution is 6.34. The number of unbranched alkanes of at least 4 members (excludes halogenated alkanes) is 1. The van der Waals surface area contributed by atoms with Crippen LogP contribution in [0.2, 0.25) is 5.02 Å². The third-order valence-corrected chi connectivity index (χ3v) is 8.42. The Morgan fingerprint density at radius 1 is 0.841 bits per heavy atom. The van der Waals surface area contributed by atoms with E-state index in [2.05, 4.69) is 41.7 Å². The summed E-state index contributed by atoms with van der Waals surface area (Å²) < 4.78 is 0. The minimum absolute atomic E-state index is 0.0919. The smallest absolute Gasteiger partial charge is 0.273 e. The summed E-state index contributed by atoms with van der Waals surface area (Å²) in [6.07, 6.45) is 1.97. The van der Waals surface area contributed by atoms with Gasteiger partial charge in [-0.25, -0.2) is 0 Å². The van der Waals surface area contributed by atoms with Crippen LogP contribution < -0.4 is 5.32 Å². The molecule has 0 radical (unpaired) electrons. The molecule has 5 aromatic rings. The molecule has 222 valence electrons. The monoisotopic (exact) mass is 604 g/mol. The van der Waals surface area contributed by atoms with E-state index in [1.54, 1.807) is 6.07 Å². The number of aromatic hydroxyl groups is 1. The van der Waals surface area contributed by atoms with Gasteiger partial charge in [-0.2, -0.15) is 0 Å². The third kappa shape index (κ3) is 5.69. The van der Waals surface area contributed by atoms with Crippen LogP contribution in [0.1, 0.15) is 63.5 Å². The van der Waals surface area contributed by atoms with E-state index in [0.717, 1.165) is 28.7 Å². The number of carbonyl (C=O) groups excluding carboxylic acids is 1. The number of rotatable bonds is 10. The lowest BCUT2D eigenvalue weighted by molar-refractivity contribution is -0.385. The molecule has 0 aliphatic heterocycles. The van der Waals surface area contributed by atoms with Crippen molar-refractivity contribution in [1.29, 1.82) is 0 Å². The molecule has 44 heavy (non-hydrogen) atoms. The van der Waals surface area contributed by atoms with Crippen LogP contribution in [-0.4, -0.2) is 15.9 Å². The number of phenolic OH excluding ortho intramolecular Hbond substituents is 1. The number of amides is 1. The summed E-state index contributed by atoms with van der Waals surface area (Å²) in [5.41, 5.74) is 3.74. The van der Waals surface area contributed by atoms with Gasteiger partial charge in [0.15, 0.2) is 0 Å². The van der Waals surface area contributed by atoms with Crippen molar-refractivity contribution in [3.63, 3.8) is 0 Å². The minimum Gasteiger partial charge on any atom is -0.507 e. The molecule has 5 aromatic carbocycles. The van der Waals surface area contributed by atoms with Crippen molar-refractivity contribution >= 4 is 28.9 Å². The molecule has 0 saturated heterocycles. The Morgan fingerprint density at radius 3 is 1.82 bits per heavy atom. The summed E-state index contributed by atoms with van der Waals surface area (Å²) in [5, 5.41) is 25.9. The molecule has 0 bridgehead atoms. The molecule has 6 nitrogen and oxygen atoms in total. The number of nitrogens with one attached hydrogen (secondary N) is 1. The van der Waals surface area contributed by atoms with Crippen LogP contribution in [0.5, 0.6) is 5.75 Å². The highest BCUT2D eigenvalue weighted by Gasteiger charge is 2.38. The number of hydrogen-bond acceptors (Lipinski definition) is 4. The lowest BCUT2D eigenvalue weighted by Gasteiger charge is -2.37. The fourth-order valence-electron chi connectivity index (χ4n) is 5.93. The van der Waals surface area contributed by atoms with Gasteiger partial charge in [0, 0.05) is 17.2 Å². The Hall–Kier alpha value is -4.94. The normalized spacial score (nSPS) is 11.2. The molecule has 0 spiro atoms. The summed E-state index contributed by atoms with van der Waals surface area (Å²) in [6.45, 7) is 3.45.